The molecule has 176 valence electrons. The molecule has 0 aliphatic carbocycles. The Morgan fingerprint density at radius 1 is 0.824 bits per heavy atom. The molecule has 0 spiro atoms. The van der Waals surface area contributed by atoms with Crippen molar-refractivity contribution in [1.29, 1.82) is 0 Å². The predicted octanol–water partition coefficient (Wildman–Crippen LogP) is 5.24. The van der Waals surface area contributed by atoms with Crippen LogP contribution in [-0.2, 0) is 38.8 Å². The van der Waals surface area contributed by atoms with Gasteiger partial charge in [-0.25, -0.2) is 0 Å². The second kappa shape index (κ2) is 11.6. The Balaban J connectivity index is 1.55. The van der Waals surface area contributed by atoms with E-state index in [-0.39, 0.29) is 31.9 Å². The van der Waals surface area contributed by atoms with Crippen LogP contribution in [0.2, 0.25) is 0 Å². The lowest BCUT2D eigenvalue weighted by molar-refractivity contribution is -0.442. The Hall–Kier alpha value is -3.52. The summed E-state index contributed by atoms with van der Waals surface area (Å²) in [6.45, 7) is 0.880. The van der Waals surface area contributed by atoms with E-state index in [2.05, 4.69) is 0 Å². The molecule has 0 aromatic heterocycles. The van der Waals surface area contributed by atoms with Crippen LogP contribution in [0.1, 0.15) is 23.1 Å². The van der Waals surface area contributed by atoms with Crippen molar-refractivity contribution in [3.05, 3.63) is 130 Å². The summed E-state index contributed by atoms with van der Waals surface area (Å²) < 4.78 is 24.4. The van der Waals surface area contributed by atoms with Crippen molar-refractivity contribution < 1.29 is 23.9 Å². The molecular formula is C27H27NO6. The Labute approximate surface area is 198 Å². The predicted molar refractivity (Wildman–Crippen MR) is 126 cm³/mol. The van der Waals surface area contributed by atoms with Gasteiger partial charge in [0.15, 0.2) is 6.26 Å². The minimum Gasteiger partial charge on any atom is -0.458 e. The number of rotatable bonds is 11. The van der Waals surface area contributed by atoms with E-state index >= 15 is 0 Å². The van der Waals surface area contributed by atoms with E-state index in [0.29, 0.717) is 6.61 Å². The molecule has 3 aromatic carbocycles. The first-order valence-corrected chi connectivity index (χ1v) is 11.1. The van der Waals surface area contributed by atoms with E-state index in [4.69, 9.17) is 18.9 Å². The maximum atomic E-state index is 11.5. The number of ether oxygens (including phenoxy) is 4. The van der Waals surface area contributed by atoms with Gasteiger partial charge in [-0.3, -0.25) is 10.1 Å². The highest BCUT2D eigenvalue weighted by molar-refractivity contribution is 5.16. The lowest BCUT2D eigenvalue weighted by atomic mass is 10.0. The monoisotopic (exact) mass is 461 g/mol. The number of benzene rings is 3. The highest BCUT2D eigenvalue weighted by Crippen LogP contribution is 2.34. The van der Waals surface area contributed by atoms with Crippen LogP contribution in [0.15, 0.2) is 103 Å². The molecule has 7 nitrogen and oxygen atoms in total. The van der Waals surface area contributed by atoms with E-state index in [0.717, 1.165) is 23.0 Å². The molecule has 0 N–H and O–H groups in total. The molecule has 0 radical (unpaired) electrons. The molecule has 2 unspecified atom stereocenters. The fraction of sp³-hybridized carbons (Fsp3) is 0.259. The van der Waals surface area contributed by atoms with Gasteiger partial charge in [0, 0.05) is 0 Å². The first kappa shape index (κ1) is 23.6. The van der Waals surface area contributed by atoms with E-state index in [1.165, 1.54) is 0 Å². The van der Waals surface area contributed by atoms with Gasteiger partial charge in [0.05, 0.1) is 31.2 Å². The van der Waals surface area contributed by atoms with E-state index in [9.17, 15) is 10.1 Å². The molecule has 4 rings (SSSR count). The summed E-state index contributed by atoms with van der Waals surface area (Å²) in [5.41, 5.74) is 2.82. The second-order valence-electron chi connectivity index (χ2n) is 8.04. The van der Waals surface area contributed by atoms with Gasteiger partial charge in [0.25, 0.3) is 11.5 Å². The Morgan fingerprint density at radius 3 is 1.91 bits per heavy atom. The number of nitro groups is 1. The van der Waals surface area contributed by atoms with Crippen molar-refractivity contribution in [1.82, 2.24) is 0 Å². The van der Waals surface area contributed by atoms with E-state index < -0.39 is 16.8 Å². The van der Waals surface area contributed by atoms with Gasteiger partial charge in [-0.1, -0.05) is 91.0 Å². The standard InChI is InChI=1S/C27H27NO6/c29-28(30)25-16-26(32-18-23-12-6-2-7-13-23)27(34-20-25,33-19-24-14-8-3-9-15-24)21-31-17-22-10-4-1-5-11-22/h1-15,20,26H,16-19,21H2. The number of hydrogen-bond acceptors (Lipinski definition) is 6. The molecule has 0 saturated heterocycles. The van der Waals surface area contributed by atoms with Crippen LogP contribution >= 0.6 is 0 Å². The van der Waals surface area contributed by atoms with Crippen LogP contribution in [0, 0.1) is 10.1 Å². The fourth-order valence-corrected chi connectivity index (χ4v) is 3.67. The molecule has 2 atom stereocenters. The molecule has 1 aliphatic heterocycles. The third-order valence-corrected chi connectivity index (χ3v) is 5.55. The normalized spacial score (nSPS) is 19.8. The number of nitrogens with zero attached hydrogens (tertiary/aromatic N) is 1. The van der Waals surface area contributed by atoms with Gasteiger partial charge < -0.3 is 18.9 Å². The van der Waals surface area contributed by atoms with Gasteiger partial charge >= 0.3 is 0 Å². The molecule has 1 aliphatic rings. The molecule has 3 aromatic rings. The largest absolute Gasteiger partial charge is 0.458 e. The summed E-state index contributed by atoms with van der Waals surface area (Å²) in [4.78, 5) is 11.0. The van der Waals surface area contributed by atoms with Crippen LogP contribution in [0.5, 0.6) is 0 Å². The Morgan fingerprint density at radius 2 is 1.35 bits per heavy atom. The van der Waals surface area contributed by atoms with E-state index in [1.807, 2.05) is 91.0 Å². The average molecular weight is 462 g/mol. The Kier molecular flexibility index (Phi) is 8.04. The molecule has 0 bridgehead atoms. The zero-order valence-electron chi connectivity index (χ0n) is 18.7. The zero-order chi connectivity index (χ0) is 23.6. The van der Waals surface area contributed by atoms with Gasteiger partial charge in [-0.15, -0.1) is 0 Å². The third kappa shape index (κ3) is 6.29. The number of hydrogen-bond donors (Lipinski definition) is 0. The van der Waals surface area contributed by atoms with Crippen LogP contribution in [0.25, 0.3) is 0 Å². The molecule has 0 saturated carbocycles. The second-order valence-corrected chi connectivity index (χ2v) is 8.04. The minimum atomic E-state index is -1.35. The van der Waals surface area contributed by atoms with Gasteiger partial charge in [0.1, 0.15) is 12.7 Å². The van der Waals surface area contributed by atoms with Gasteiger partial charge in [0.2, 0.25) is 0 Å². The van der Waals surface area contributed by atoms with Crippen molar-refractivity contribution in [3.8, 4) is 0 Å². The summed E-state index contributed by atoms with van der Waals surface area (Å²) in [5, 5.41) is 11.5. The highest BCUT2D eigenvalue weighted by atomic mass is 16.7. The average Bonchev–Trinajstić information content (AvgIpc) is 2.88. The molecule has 0 amide bonds. The van der Waals surface area contributed by atoms with Crippen LogP contribution in [0.3, 0.4) is 0 Å². The third-order valence-electron chi connectivity index (χ3n) is 5.55. The van der Waals surface area contributed by atoms with Crippen LogP contribution < -0.4 is 0 Å². The maximum absolute atomic E-state index is 11.5. The minimum absolute atomic E-state index is 0.0311. The van der Waals surface area contributed by atoms with Crippen molar-refractivity contribution in [2.24, 2.45) is 0 Å². The summed E-state index contributed by atoms with van der Waals surface area (Å²) >= 11 is 0. The Bertz CT molecular complexity index is 1070. The summed E-state index contributed by atoms with van der Waals surface area (Å²) in [6, 6.07) is 29.0. The smallest absolute Gasteiger partial charge is 0.283 e. The van der Waals surface area contributed by atoms with Crippen LogP contribution in [0.4, 0.5) is 0 Å². The van der Waals surface area contributed by atoms with Crippen molar-refractivity contribution >= 4 is 0 Å². The summed E-state index contributed by atoms with van der Waals surface area (Å²) in [5.74, 6) is -1.35. The first-order valence-electron chi connectivity index (χ1n) is 11.1. The maximum Gasteiger partial charge on any atom is 0.283 e. The SMILES string of the molecule is O=[N+]([O-])C1=COC(COCc2ccccc2)(OCc2ccccc2)C(OCc2ccccc2)C1. The molecule has 34 heavy (non-hydrogen) atoms. The molecule has 7 heteroatoms. The summed E-state index contributed by atoms with van der Waals surface area (Å²) in [6.07, 6.45) is 0.431. The van der Waals surface area contributed by atoms with Crippen LogP contribution in [-0.4, -0.2) is 23.4 Å². The lowest BCUT2D eigenvalue weighted by Gasteiger charge is -2.40. The van der Waals surface area contributed by atoms with E-state index in [1.54, 1.807) is 0 Å². The molecular weight excluding hydrogens is 434 g/mol. The highest BCUT2D eigenvalue weighted by Gasteiger charge is 2.49. The lowest BCUT2D eigenvalue weighted by Crippen LogP contribution is -2.53. The van der Waals surface area contributed by atoms with Gasteiger partial charge in [-0.2, -0.15) is 0 Å². The zero-order valence-corrected chi connectivity index (χ0v) is 18.7. The fourth-order valence-electron chi connectivity index (χ4n) is 3.67. The quantitative estimate of drug-likeness (QED) is 0.287. The van der Waals surface area contributed by atoms with Gasteiger partial charge in [-0.05, 0) is 16.7 Å². The topological polar surface area (TPSA) is 80.1 Å². The van der Waals surface area contributed by atoms with Crippen molar-refractivity contribution in [2.45, 2.75) is 38.1 Å². The molecule has 0 fully saturated rings. The first-order chi connectivity index (χ1) is 16.6. The molecule has 1 heterocycles. The summed E-state index contributed by atoms with van der Waals surface area (Å²) in [7, 11) is 0. The van der Waals surface area contributed by atoms with Crippen molar-refractivity contribution in [2.75, 3.05) is 6.61 Å². The van der Waals surface area contributed by atoms with Crippen molar-refractivity contribution in [3.63, 3.8) is 0 Å².